The van der Waals surface area contributed by atoms with E-state index < -0.39 is 30.4 Å². The fourth-order valence-electron chi connectivity index (χ4n) is 1.08. The standard InChI is InChI=1S/C10H18N4O5/c1-13(2)8(16)5-14(3)10(19)12-6(9(17)18)4-7(11)15/h6H,4-5H2,1-3H3,(H2,11,15)(H,12,19)(H,17,18)/t6-/m0/s1. The molecule has 0 aromatic rings. The Morgan fingerprint density at radius 1 is 1.21 bits per heavy atom. The third-order valence-electron chi connectivity index (χ3n) is 2.22. The molecule has 19 heavy (non-hydrogen) atoms. The van der Waals surface area contributed by atoms with Crippen LogP contribution < -0.4 is 11.1 Å². The number of rotatable bonds is 6. The van der Waals surface area contributed by atoms with Gasteiger partial charge in [0.15, 0.2) is 0 Å². The zero-order valence-corrected chi connectivity index (χ0v) is 11.0. The number of nitrogens with one attached hydrogen (secondary N) is 1. The largest absolute Gasteiger partial charge is 0.480 e. The fraction of sp³-hybridized carbons (Fsp3) is 0.600. The molecule has 0 aliphatic rings. The first kappa shape index (κ1) is 16.7. The summed E-state index contributed by atoms with van der Waals surface area (Å²) in [6.45, 7) is -0.207. The van der Waals surface area contributed by atoms with Gasteiger partial charge < -0.3 is 26.0 Å². The number of urea groups is 1. The maximum Gasteiger partial charge on any atom is 0.326 e. The lowest BCUT2D eigenvalue weighted by Gasteiger charge is -2.21. The van der Waals surface area contributed by atoms with Crippen molar-refractivity contribution in [2.75, 3.05) is 27.7 Å². The first-order valence-electron chi connectivity index (χ1n) is 5.38. The molecule has 0 rings (SSSR count). The van der Waals surface area contributed by atoms with E-state index in [-0.39, 0.29) is 12.5 Å². The van der Waals surface area contributed by atoms with Gasteiger partial charge in [0.2, 0.25) is 11.8 Å². The van der Waals surface area contributed by atoms with Gasteiger partial charge in [-0.15, -0.1) is 0 Å². The number of carbonyl (C=O) groups excluding carboxylic acids is 3. The fourth-order valence-corrected chi connectivity index (χ4v) is 1.08. The number of likely N-dealkylation sites (N-methyl/N-ethyl adjacent to an activating group) is 2. The molecule has 0 saturated carbocycles. The van der Waals surface area contributed by atoms with E-state index in [0.29, 0.717) is 0 Å². The summed E-state index contributed by atoms with van der Waals surface area (Å²) in [7, 11) is 4.39. The van der Waals surface area contributed by atoms with Crippen molar-refractivity contribution in [2.45, 2.75) is 12.5 Å². The minimum absolute atomic E-state index is 0.207. The van der Waals surface area contributed by atoms with E-state index in [0.717, 1.165) is 4.90 Å². The molecule has 9 heteroatoms. The SMILES string of the molecule is CN(C)C(=O)CN(C)C(=O)N[C@@H](CC(N)=O)C(=O)O. The number of carboxylic acid groups (broad SMARTS) is 1. The summed E-state index contributed by atoms with van der Waals surface area (Å²) in [4.78, 5) is 46.8. The molecule has 0 fully saturated rings. The summed E-state index contributed by atoms with van der Waals surface area (Å²) in [5.74, 6) is -2.54. The van der Waals surface area contributed by atoms with Gasteiger partial charge in [0.05, 0.1) is 6.42 Å². The minimum Gasteiger partial charge on any atom is -0.480 e. The van der Waals surface area contributed by atoms with Gasteiger partial charge >= 0.3 is 12.0 Å². The average Bonchev–Trinajstić information content (AvgIpc) is 2.26. The molecule has 4 N–H and O–H groups in total. The van der Waals surface area contributed by atoms with Crippen LogP contribution in [0.3, 0.4) is 0 Å². The molecule has 0 heterocycles. The molecular formula is C10H18N4O5. The number of hydrogen-bond donors (Lipinski definition) is 3. The zero-order valence-electron chi connectivity index (χ0n) is 11.0. The van der Waals surface area contributed by atoms with Crippen molar-refractivity contribution < 1.29 is 24.3 Å². The molecule has 0 aliphatic heterocycles. The highest BCUT2D eigenvalue weighted by atomic mass is 16.4. The van der Waals surface area contributed by atoms with Gasteiger partial charge in [-0.1, -0.05) is 0 Å². The number of nitrogens with zero attached hydrogens (tertiary/aromatic N) is 2. The van der Waals surface area contributed by atoms with E-state index in [1.54, 1.807) is 0 Å². The van der Waals surface area contributed by atoms with Crippen LogP contribution in [0.1, 0.15) is 6.42 Å². The third-order valence-corrected chi connectivity index (χ3v) is 2.22. The van der Waals surface area contributed by atoms with Gasteiger partial charge in [-0.05, 0) is 0 Å². The van der Waals surface area contributed by atoms with Crippen LogP contribution in [0, 0.1) is 0 Å². The third kappa shape index (κ3) is 6.24. The summed E-state index contributed by atoms with van der Waals surface area (Å²) in [5.41, 5.74) is 4.88. The lowest BCUT2D eigenvalue weighted by molar-refractivity contribution is -0.140. The van der Waals surface area contributed by atoms with Crippen LogP contribution in [-0.4, -0.2) is 72.5 Å². The van der Waals surface area contributed by atoms with E-state index in [2.05, 4.69) is 5.32 Å². The highest BCUT2D eigenvalue weighted by molar-refractivity contribution is 5.89. The summed E-state index contributed by atoms with van der Waals surface area (Å²) >= 11 is 0. The molecule has 9 nitrogen and oxygen atoms in total. The number of hydrogen-bond acceptors (Lipinski definition) is 4. The first-order valence-corrected chi connectivity index (χ1v) is 5.38. The molecule has 0 spiro atoms. The Hall–Kier alpha value is -2.32. The predicted octanol–water partition coefficient (Wildman–Crippen LogP) is -1.96. The highest BCUT2D eigenvalue weighted by Gasteiger charge is 2.24. The van der Waals surface area contributed by atoms with Crippen LogP contribution in [0.2, 0.25) is 0 Å². The summed E-state index contributed by atoms with van der Waals surface area (Å²) in [5, 5.41) is 10.9. The molecule has 0 bridgehead atoms. The first-order chi connectivity index (χ1) is 8.65. The molecule has 0 aromatic carbocycles. The van der Waals surface area contributed by atoms with E-state index in [9.17, 15) is 19.2 Å². The van der Waals surface area contributed by atoms with Gasteiger partial charge in [0.25, 0.3) is 0 Å². The van der Waals surface area contributed by atoms with Crippen LogP contribution in [0.5, 0.6) is 0 Å². The van der Waals surface area contributed by atoms with Gasteiger partial charge in [-0.2, -0.15) is 0 Å². The zero-order chi connectivity index (χ0) is 15.2. The second-order valence-electron chi connectivity index (χ2n) is 4.15. The van der Waals surface area contributed by atoms with E-state index in [1.165, 1.54) is 26.0 Å². The summed E-state index contributed by atoms with van der Waals surface area (Å²) in [6, 6.07) is -2.19. The van der Waals surface area contributed by atoms with Crippen molar-refractivity contribution in [3.63, 3.8) is 0 Å². The predicted molar refractivity (Wildman–Crippen MR) is 65.1 cm³/mol. The molecule has 108 valence electrons. The molecule has 4 amide bonds. The Morgan fingerprint density at radius 2 is 1.74 bits per heavy atom. The molecule has 0 aliphatic carbocycles. The molecule has 0 aromatic heterocycles. The molecule has 0 saturated heterocycles. The van der Waals surface area contributed by atoms with Gasteiger partial charge in [-0.3, -0.25) is 9.59 Å². The van der Waals surface area contributed by atoms with Crippen LogP contribution >= 0.6 is 0 Å². The molecular weight excluding hydrogens is 256 g/mol. The Balaban J connectivity index is 4.51. The maximum absolute atomic E-state index is 11.6. The average molecular weight is 274 g/mol. The number of primary amides is 1. The lowest BCUT2D eigenvalue weighted by Crippen LogP contribution is -2.50. The lowest BCUT2D eigenvalue weighted by atomic mass is 10.2. The number of carboxylic acids is 1. The van der Waals surface area contributed by atoms with E-state index >= 15 is 0 Å². The molecule has 1 atom stereocenters. The van der Waals surface area contributed by atoms with Gasteiger partial charge in [0.1, 0.15) is 12.6 Å². The summed E-state index contributed by atoms with van der Waals surface area (Å²) in [6.07, 6.45) is -0.517. The van der Waals surface area contributed by atoms with Crippen molar-refractivity contribution in [3.8, 4) is 0 Å². The van der Waals surface area contributed by atoms with Crippen molar-refractivity contribution in [2.24, 2.45) is 5.73 Å². The Kier molecular flexibility index (Phi) is 6.31. The van der Waals surface area contributed by atoms with Crippen LogP contribution in [0.25, 0.3) is 0 Å². The van der Waals surface area contributed by atoms with Gasteiger partial charge in [0, 0.05) is 21.1 Å². The minimum atomic E-state index is -1.41. The topological polar surface area (TPSA) is 133 Å². The number of amides is 4. The number of nitrogens with two attached hydrogens (primary N) is 1. The Morgan fingerprint density at radius 3 is 2.11 bits per heavy atom. The van der Waals surface area contributed by atoms with Crippen LogP contribution in [0.4, 0.5) is 4.79 Å². The van der Waals surface area contributed by atoms with Crippen molar-refractivity contribution in [3.05, 3.63) is 0 Å². The Labute approximate surface area is 110 Å². The van der Waals surface area contributed by atoms with E-state index in [4.69, 9.17) is 10.8 Å². The van der Waals surface area contributed by atoms with Crippen molar-refractivity contribution in [1.29, 1.82) is 0 Å². The molecule has 0 radical (unpaired) electrons. The maximum atomic E-state index is 11.6. The smallest absolute Gasteiger partial charge is 0.326 e. The van der Waals surface area contributed by atoms with Crippen LogP contribution in [0.15, 0.2) is 0 Å². The monoisotopic (exact) mass is 274 g/mol. The van der Waals surface area contributed by atoms with E-state index in [1.807, 2.05) is 0 Å². The molecule has 0 unspecified atom stereocenters. The number of carbonyl (C=O) groups is 4. The van der Waals surface area contributed by atoms with Gasteiger partial charge in [-0.25, -0.2) is 9.59 Å². The van der Waals surface area contributed by atoms with Crippen molar-refractivity contribution >= 4 is 23.8 Å². The van der Waals surface area contributed by atoms with Crippen molar-refractivity contribution in [1.82, 2.24) is 15.1 Å². The van der Waals surface area contributed by atoms with Crippen LogP contribution in [-0.2, 0) is 14.4 Å². The quantitative estimate of drug-likeness (QED) is 0.517. The number of aliphatic carboxylic acids is 1. The normalized spacial score (nSPS) is 11.3. The second-order valence-corrected chi connectivity index (χ2v) is 4.15. The summed E-state index contributed by atoms with van der Waals surface area (Å²) < 4.78 is 0. The highest BCUT2D eigenvalue weighted by Crippen LogP contribution is 1.95. The Bertz CT molecular complexity index is 382. The second kappa shape index (κ2) is 7.19.